The summed E-state index contributed by atoms with van der Waals surface area (Å²) in [5, 5.41) is 9.78. The molecule has 0 aliphatic carbocycles. The van der Waals surface area contributed by atoms with Crippen LogP contribution in [-0.4, -0.2) is 29.0 Å². The fourth-order valence-corrected chi connectivity index (χ4v) is 3.38. The predicted octanol–water partition coefficient (Wildman–Crippen LogP) is 3.41. The minimum atomic E-state index is -0.352. The highest BCUT2D eigenvalue weighted by Crippen LogP contribution is 2.31. The van der Waals surface area contributed by atoms with Gasteiger partial charge in [0.05, 0.1) is 42.1 Å². The van der Waals surface area contributed by atoms with Crippen LogP contribution in [0.15, 0.2) is 52.4 Å². The average Bonchev–Trinajstić information content (AvgIpc) is 2.67. The molecule has 0 radical (unpaired) electrons. The second-order valence-corrected chi connectivity index (χ2v) is 6.79. The highest BCUT2D eigenvalue weighted by molar-refractivity contribution is 8.00. The molecule has 0 aliphatic heterocycles. The molecule has 132 valence electrons. The van der Waals surface area contributed by atoms with Crippen LogP contribution in [-0.2, 0) is 0 Å². The van der Waals surface area contributed by atoms with E-state index < -0.39 is 0 Å². The average molecular weight is 367 g/mol. The Morgan fingerprint density at radius 1 is 1.15 bits per heavy atom. The predicted molar refractivity (Wildman–Crippen MR) is 101 cm³/mol. The van der Waals surface area contributed by atoms with Crippen molar-refractivity contribution in [3.05, 3.63) is 52.8 Å². The Morgan fingerprint density at radius 3 is 2.58 bits per heavy atom. The van der Waals surface area contributed by atoms with Gasteiger partial charge in [0.1, 0.15) is 0 Å². The number of aromatic nitrogens is 2. The number of methoxy groups -OCH3 is 2. The smallest absolute Gasteiger partial charge is 0.266 e. The Balaban J connectivity index is 2.29. The van der Waals surface area contributed by atoms with Crippen LogP contribution >= 0.6 is 11.8 Å². The maximum Gasteiger partial charge on any atom is 0.266 e. The van der Waals surface area contributed by atoms with Crippen LogP contribution in [0, 0.1) is 11.3 Å². The molecule has 1 heterocycles. The first-order valence-corrected chi connectivity index (χ1v) is 8.77. The highest BCUT2D eigenvalue weighted by Gasteiger charge is 2.17. The van der Waals surface area contributed by atoms with Gasteiger partial charge in [-0.25, -0.2) is 4.98 Å². The van der Waals surface area contributed by atoms with Gasteiger partial charge in [0, 0.05) is 6.07 Å². The first kappa shape index (κ1) is 17.8. The van der Waals surface area contributed by atoms with Gasteiger partial charge in [0.15, 0.2) is 16.7 Å². The molecule has 3 rings (SSSR count). The molecular formula is C19H17N3O3S. The van der Waals surface area contributed by atoms with Gasteiger partial charge in [-0.15, -0.1) is 0 Å². The maximum absolute atomic E-state index is 13.1. The fourth-order valence-electron chi connectivity index (χ4n) is 2.57. The van der Waals surface area contributed by atoms with Crippen LogP contribution in [0.4, 0.5) is 0 Å². The molecule has 26 heavy (non-hydrogen) atoms. The van der Waals surface area contributed by atoms with Crippen molar-refractivity contribution in [1.82, 2.24) is 9.55 Å². The Kier molecular flexibility index (Phi) is 5.14. The number of hydrogen-bond donors (Lipinski definition) is 0. The lowest BCUT2D eigenvalue weighted by molar-refractivity contribution is 0.354. The Labute approximate surface area is 155 Å². The van der Waals surface area contributed by atoms with Crippen molar-refractivity contribution in [1.29, 1.82) is 5.26 Å². The number of hydrogen-bond acceptors (Lipinski definition) is 6. The van der Waals surface area contributed by atoms with Gasteiger partial charge in [0.25, 0.3) is 5.56 Å². The van der Waals surface area contributed by atoms with Gasteiger partial charge in [0.2, 0.25) is 0 Å². The monoisotopic (exact) mass is 367 g/mol. The summed E-state index contributed by atoms with van der Waals surface area (Å²) in [6.07, 6.45) is 0. The highest BCUT2D eigenvalue weighted by atomic mass is 32.2. The molecule has 0 spiro atoms. The summed E-state index contributed by atoms with van der Waals surface area (Å²) in [4.78, 5) is 17.7. The number of nitriles is 1. The van der Waals surface area contributed by atoms with Crippen LogP contribution in [0.2, 0.25) is 0 Å². The van der Waals surface area contributed by atoms with Crippen molar-refractivity contribution >= 4 is 22.7 Å². The third-order valence-corrected chi connectivity index (χ3v) is 4.78. The zero-order valence-electron chi connectivity index (χ0n) is 14.6. The summed E-state index contributed by atoms with van der Waals surface area (Å²) < 4.78 is 12.1. The zero-order valence-corrected chi connectivity index (χ0v) is 15.4. The van der Waals surface area contributed by atoms with E-state index in [1.807, 2.05) is 6.07 Å². The lowest BCUT2D eigenvalue weighted by atomic mass is 10.2. The Hall–Kier alpha value is -2.98. The van der Waals surface area contributed by atoms with E-state index in [4.69, 9.17) is 14.7 Å². The van der Waals surface area contributed by atoms with Crippen molar-refractivity contribution < 1.29 is 9.47 Å². The van der Waals surface area contributed by atoms with Crippen LogP contribution in [0.5, 0.6) is 11.5 Å². The van der Waals surface area contributed by atoms with Gasteiger partial charge in [-0.3, -0.25) is 9.36 Å². The lowest BCUT2D eigenvalue weighted by Gasteiger charge is -2.15. The standard InChI is InChI=1S/C19H17N3O3S/c1-12(11-20)26-19-21-15-7-5-4-6-14(15)18(23)22(19)13-8-9-16(24-2)17(10-13)25-3/h4-10,12H,1-3H3. The van der Waals surface area contributed by atoms with E-state index in [1.165, 1.54) is 23.4 Å². The summed E-state index contributed by atoms with van der Waals surface area (Å²) in [5.74, 6) is 1.08. The van der Waals surface area contributed by atoms with E-state index in [2.05, 4.69) is 11.1 Å². The molecule has 7 heteroatoms. The van der Waals surface area contributed by atoms with Gasteiger partial charge < -0.3 is 9.47 Å². The van der Waals surface area contributed by atoms with E-state index in [-0.39, 0.29) is 10.8 Å². The molecule has 0 N–H and O–H groups in total. The van der Waals surface area contributed by atoms with Crippen molar-refractivity contribution in [2.45, 2.75) is 17.3 Å². The fraction of sp³-hybridized carbons (Fsp3) is 0.211. The number of rotatable bonds is 5. The van der Waals surface area contributed by atoms with Crippen molar-refractivity contribution in [2.75, 3.05) is 14.2 Å². The molecule has 1 atom stereocenters. The van der Waals surface area contributed by atoms with Crippen molar-refractivity contribution in [3.63, 3.8) is 0 Å². The SMILES string of the molecule is COc1ccc(-n2c(SC(C)C#N)nc3ccccc3c2=O)cc1OC. The molecular weight excluding hydrogens is 350 g/mol. The summed E-state index contributed by atoms with van der Waals surface area (Å²) in [6.45, 7) is 1.77. The Bertz CT molecular complexity index is 1060. The number of para-hydroxylation sites is 1. The first-order chi connectivity index (χ1) is 12.6. The molecule has 0 saturated heterocycles. The van der Waals surface area contributed by atoms with Gasteiger partial charge >= 0.3 is 0 Å². The van der Waals surface area contributed by atoms with Gasteiger partial charge in [-0.1, -0.05) is 23.9 Å². The molecule has 2 aromatic carbocycles. The van der Waals surface area contributed by atoms with E-state index >= 15 is 0 Å². The van der Waals surface area contributed by atoms with Crippen LogP contribution in [0.3, 0.4) is 0 Å². The molecule has 3 aromatic rings. The molecule has 0 aliphatic rings. The van der Waals surface area contributed by atoms with Crippen LogP contribution in [0.1, 0.15) is 6.92 Å². The molecule has 0 saturated carbocycles. The summed E-state index contributed by atoms with van der Waals surface area (Å²) in [5.41, 5.74) is 0.996. The third-order valence-electron chi connectivity index (χ3n) is 3.83. The van der Waals surface area contributed by atoms with Gasteiger partial charge in [-0.2, -0.15) is 5.26 Å². The molecule has 0 fully saturated rings. The number of thioether (sulfide) groups is 1. The van der Waals surface area contributed by atoms with Crippen molar-refractivity contribution in [2.24, 2.45) is 0 Å². The zero-order chi connectivity index (χ0) is 18.7. The minimum absolute atomic E-state index is 0.199. The normalized spacial score (nSPS) is 11.8. The van der Waals surface area contributed by atoms with Crippen molar-refractivity contribution in [3.8, 4) is 23.3 Å². The number of benzene rings is 2. The van der Waals surface area contributed by atoms with E-state index in [0.717, 1.165) is 0 Å². The Morgan fingerprint density at radius 2 is 1.88 bits per heavy atom. The van der Waals surface area contributed by atoms with Crippen LogP contribution < -0.4 is 15.0 Å². The summed E-state index contributed by atoms with van der Waals surface area (Å²) in [7, 11) is 3.09. The van der Waals surface area contributed by atoms with E-state index in [1.54, 1.807) is 50.4 Å². The maximum atomic E-state index is 13.1. The minimum Gasteiger partial charge on any atom is -0.493 e. The third kappa shape index (κ3) is 3.24. The van der Waals surface area contributed by atoms with E-state index in [0.29, 0.717) is 33.2 Å². The second-order valence-electron chi connectivity index (χ2n) is 5.48. The number of nitrogens with zero attached hydrogens (tertiary/aromatic N) is 3. The number of fused-ring (bicyclic) bond motifs is 1. The number of ether oxygens (including phenoxy) is 2. The first-order valence-electron chi connectivity index (χ1n) is 7.89. The largest absolute Gasteiger partial charge is 0.493 e. The molecule has 0 bridgehead atoms. The quantitative estimate of drug-likeness (QED) is 0.508. The molecule has 0 amide bonds. The second kappa shape index (κ2) is 7.50. The summed E-state index contributed by atoms with van der Waals surface area (Å²) >= 11 is 1.24. The summed E-state index contributed by atoms with van der Waals surface area (Å²) in [6, 6.07) is 14.5. The topological polar surface area (TPSA) is 77.1 Å². The van der Waals surface area contributed by atoms with E-state index in [9.17, 15) is 4.79 Å². The van der Waals surface area contributed by atoms with Gasteiger partial charge in [-0.05, 0) is 31.2 Å². The van der Waals surface area contributed by atoms with Crippen LogP contribution in [0.25, 0.3) is 16.6 Å². The molecule has 1 unspecified atom stereocenters. The lowest BCUT2D eigenvalue weighted by Crippen LogP contribution is -2.22. The molecule has 1 aromatic heterocycles. The molecule has 6 nitrogen and oxygen atoms in total.